The Kier molecular flexibility index (Phi) is 32.3. The summed E-state index contributed by atoms with van der Waals surface area (Å²) in [5, 5.41) is 0. The molecule has 0 heterocycles. The minimum atomic E-state index is 1.19. The summed E-state index contributed by atoms with van der Waals surface area (Å²) < 4.78 is 0. The van der Waals surface area contributed by atoms with Crippen LogP contribution in [0.4, 0.5) is 0 Å². The van der Waals surface area contributed by atoms with Gasteiger partial charge in [0.05, 0.1) is 0 Å². The normalized spacial score (nSPS) is 8.95. The molecule has 116 valence electrons. The van der Waals surface area contributed by atoms with Gasteiger partial charge >= 0.3 is 0 Å². The second kappa shape index (κ2) is 26.1. The van der Waals surface area contributed by atoms with Gasteiger partial charge in [-0.25, -0.2) is 0 Å². The molecule has 0 aromatic heterocycles. The van der Waals surface area contributed by atoms with Gasteiger partial charge in [0.2, 0.25) is 0 Å². The van der Waals surface area contributed by atoms with E-state index in [1.54, 1.807) is 0 Å². The van der Waals surface area contributed by atoms with E-state index in [1.165, 1.54) is 57.8 Å². The first-order valence-electron chi connectivity index (χ1n) is 7.89. The van der Waals surface area contributed by atoms with E-state index in [0.29, 0.717) is 0 Å². The lowest BCUT2D eigenvalue weighted by Crippen LogP contribution is -1.99. The summed E-state index contributed by atoms with van der Waals surface area (Å²) in [4.78, 5) is 2.00. The minimum Gasteiger partial charge on any atom is -0.312 e. The standard InChI is InChI=1S/C8H16.C7H14.C3H9N/c1-3-5-7-8-6-4-2;1-3-5-7-6-4-2;1-4(2)3/h3H,1,4-8H2,2H3;3H,1,4-7H2,2H3;1-3H3. The summed E-state index contributed by atoms with van der Waals surface area (Å²) in [6.07, 6.45) is 15.8. The highest BCUT2D eigenvalue weighted by molar-refractivity contribution is 4.65. The molecule has 0 fully saturated rings. The highest BCUT2D eigenvalue weighted by Crippen LogP contribution is 2.01. The molecular weight excluding hydrogens is 230 g/mol. The van der Waals surface area contributed by atoms with E-state index < -0.39 is 0 Å². The largest absolute Gasteiger partial charge is 0.312 e. The third kappa shape index (κ3) is 58.4. The third-order valence-electron chi connectivity index (χ3n) is 2.27. The first-order chi connectivity index (χ1) is 9.06. The Labute approximate surface area is 123 Å². The van der Waals surface area contributed by atoms with Crippen molar-refractivity contribution in [1.29, 1.82) is 0 Å². The number of hydrogen-bond acceptors (Lipinski definition) is 1. The maximum atomic E-state index is 3.66. The van der Waals surface area contributed by atoms with E-state index in [9.17, 15) is 0 Å². The van der Waals surface area contributed by atoms with Crippen LogP contribution in [0.2, 0.25) is 0 Å². The lowest BCUT2D eigenvalue weighted by molar-refractivity contribution is 0.505. The lowest BCUT2D eigenvalue weighted by Gasteiger charge is -1.91. The van der Waals surface area contributed by atoms with E-state index in [2.05, 4.69) is 27.0 Å². The van der Waals surface area contributed by atoms with Gasteiger partial charge in [-0.1, -0.05) is 58.1 Å². The summed E-state index contributed by atoms with van der Waals surface area (Å²) in [6.45, 7) is 11.7. The molecule has 0 atom stereocenters. The molecule has 0 aromatic rings. The second-order valence-corrected chi connectivity index (χ2v) is 5.26. The van der Waals surface area contributed by atoms with Crippen LogP contribution >= 0.6 is 0 Å². The number of hydrogen-bond donors (Lipinski definition) is 0. The van der Waals surface area contributed by atoms with E-state index in [-0.39, 0.29) is 0 Å². The van der Waals surface area contributed by atoms with Gasteiger partial charge in [-0.15, -0.1) is 13.2 Å². The smallest absolute Gasteiger partial charge is 0.0140 e. The van der Waals surface area contributed by atoms with Crippen LogP contribution in [0.15, 0.2) is 25.3 Å². The highest BCUT2D eigenvalue weighted by atomic mass is 15.0. The summed E-state index contributed by atoms with van der Waals surface area (Å²) in [7, 11) is 6.00. The summed E-state index contributed by atoms with van der Waals surface area (Å²) in [6, 6.07) is 0. The molecule has 0 aromatic carbocycles. The molecule has 0 amide bonds. The molecule has 0 saturated heterocycles. The molecule has 0 radical (unpaired) electrons. The zero-order valence-electron chi connectivity index (χ0n) is 14.4. The molecule has 0 unspecified atom stereocenters. The first kappa shape index (κ1) is 23.5. The number of unbranched alkanes of at least 4 members (excludes halogenated alkanes) is 7. The molecule has 0 rings (SSSR count). The van der Waals surface area contributed by atoms with Gasteiger partial charge in [-0.2, -0.15) is 0 Å². The number of rotatable bonds is 9. The van der Waals surface area contributed by atoms with E-state index in [0.717, 1.165) is 0 Å². The fourth-order valence-electron chi connectivity index (χ4n) is 1.25. The van der Waals surface area contributed by atoms with Crippen molar-refractivity contribution in [1.82, 2.24) is 4.90 Å². The topological polar surface area (TPSA) is 3.24 Å². The van der Waals surface area contributed by atoms with Crippen molar-refractivity contribution in [3.8, 4) is 0 Å². The average Bonchev–Trinajstić information content (AvgIpc) is 2.36. The number of allylic oxidation sites excluding steroid dienone is 2. The van der Waals surface area contributed by atoms with Crippen molar-refractivity contribution in [2.45, 2.75) is 71.6 Å². The number of nitrogens with zero attached hydrogens (tertiary/aromatic N) is 1. The van der Waals surface area contributed by atoms with Gasteiger partial charge < -0.3 is 4.90 Å². The van der Waals surface area contributed by atoms with E-state index in [4.69, 9.17) is 0 Å². The molecule has 0 aliphatic heterocycles. The predicted octanol–water partition coefficient (Wildman–Crippen LogP) is 6.07. The van der Waals surface area contributed by atoms with Gasteiger partial charge in [0, 0.05) is 0 Å². The maximum absolute atomic E-state index is 3.66. The minimum absolute atomic E-state index is 1.19. The van der Waals surface area contributed by atoms with Gasteiger partial charge in [0.25, 0.3) is 0 Å². The Morgan fingerprint density at radius 1 is 0.684 bits per heavy atom. The Hall–Kier alpha value is -0.560. The van der Waals surface area contributed by atoms with Crippen LogP contribution in [0, 0.1) is 0 Å². The molecule has 0 aliphatic rings. The molecule has 1 nitrogen and oxygen atoms in total. The van der Waals surface area contributed by atoms with Crippen molar-refractivity contribution in [3.63, 3.8) is 0 Å². The maximum Gasteiger partial charge on any atom is -0.0140 e. The van der Waals surface area contributed by atoms with E-state index in [1.807, 2.05) is 38.2 Å². The molecule has 0 bridgehead atoms. The Bertz CT molecular complexity index is 147. The lowest BCUT2D eigenvalue weighted by atomic mass is 10.2. The monoisotopic (exact) mass is 269 g/mol. The first-order valence-corrected chi connectivity index (χ1v) is 7.89. The second-order valence-electron chi connectivity index (χ2n) is 5.26. The van der Waals surface area contributed by atoms with Crippen molar-refractivity contribution >= 4 is 0 Å². The van der Waals surface area contributed by atoms with Crippen LogP contribution in [-0.2, 0) is 0 Å². The van der Waals surface area contributed by atoms with Crippen LogP contribution < -0.4 is 0 Å². The van der Waals surface area contributed by atoms with Crippen molar-refractivity contribution in [2.24, 2.45) is 0 Å². The van der Waals surface area contributed by atoms with Crippen LogP contribution in [-0.4, -0.2) is 26.0 Å². The van der Waals surface area contributed by atoms with Gasteiger partial charge in [-0.3, -0.25) is 0 Å². The summed E-state index contributed by atoms with van der Waals surface area (Å²) in [5.74, 6) is 0. The van der Waals surface area contributed by atoms with Crippen molar-refractivity contribution < 1.29 is 0 Å². The van der Waals surface area contributed by atoms with Crippen LogP contribution in [0.5, 0.6) is 0 Å². The summed E-state index contributed by atoms with van der Waals surface area (Å²) >= 11 is 0. The highest BCUT2D eigenvalue weighted by Gasteiger charge is 1.81. The Morgan fingerprint density at radius 2 is 1.00 bits per heavy atom. The third-order valence-corrected chi connectivity index (χ3v) is 2.27. The van der Waals surface area contributed by atoms with Gasteiger partial charge in [0.1, 0.15) is 0 Å². The van der Waals surface area contributed by atoms with Crippen molar-refractivity contribution in [3.05, 3.63) is 25.3 Å². The zero-order chi connectivity index (χ0) is 15.4. The fourth-order valence-corrected chi connectivity index (χ4v) is 1.25. The van der Waals surface area contributed by atoms with Crippen molar-refractivity contribution in [2.75, 3.05) is 21.1 Å². The van der Waals surface area contributed by atoms with Gasteiger partial charge in [-0.05, 0) is 46.8 Å². The zero-order valence-corrected chi connectivity index (χ0v) is 14.4. The molecule has 1 heteroatoms. The Morgan fingerprint density at radius 3 is 1.32 bits per heavy atom. The van der Waals surface area contributed by atoms with Crippen LogP contribution in [0.1, 0.15) is 71.6 Å². The quantitative estimate of drug-likeness (QED) is 0.362. The van der Waals surface area contributed by atoms with Gasteiger partial charge in [0.15, 0.2) is 0 Å². The Balaban J connectivity index is -0.000000214. The molecular formula is C18H39N. The van der Waals surface area contributed by atoms with Crippen LogP contribution in [0.25, 0.3) is 0 Å². The fraction of sp³-hybridized carbons (Fsp3) is 0.778. The molecule has 0 N–H and O–H groups in total. The predicted molar refractivity (Wildman–Crippen MR) is 92.9 cm³/mol. The van der Waals surface area contributed by atoms with Crippen LogP contribution in [0.3, 0.4) is 0 Å². The SMILES string of the molecule is C=CCCCCC.C=CCCCCCC.CN(C)C. The average molecular weight is 270 g/mol. The molecule has 19 heavy (non-hydrogen) atoms. The van der Waals surface area contributed by atoms with E-state index >= 15 is 0 Å². The summed E-state index contributed by atoms with van der Waals surface area (Å²) in [5.41, 5.74) is 0. The molecule has 0 saturated carbocycles. The molecule has 0 spiro atoms. The molecule has 0 aliphatic carbocycles.